The first-order chi connectivity index (χ1) is 7.62. The van der Waals surface area contributed by atoms with E-state index in [4.69, 9.17) is 0 Å². The second-order valence-electron chi connectivity index (χ2n) is 4.58. The predicted molar refractivity (Wildman–Crippen MR) is 62.6 cm³/mol. The third-order valence-electron chi connectivity index (χ3n) is 3.22. The maximum Gasteiger partial charge on any atom is 0.311 e. The van der Waals surface area contributed by atoms with E-state index in [0.717, 1.165) is 25.1 Å². The fourth-order valence-corrected chi connectivity index (χ4v) is 2.99. The minimum Gasteiger partial charge on any atom is -0.481 e. The molecule has 2 rings (SSSR count). The first kappa shape index (κ1) is 11.5. The van der Waals surface area contributed by atoms with Crippen molar-refractivity contribution in [3.8, 4) is 0 Å². The van der Waals surface area contributed by atoms with Crippen molar-refractivity contribution < 1.29 is 9.90 Å². The van der Waals surface area contributed by atoms with Gasteiger partial charge in [0.05, 0.1) is 16.6 Å². The summed E-state index contributed by atoms with van der Waals surface area (Å²) >= 11 is 1.52. The molecule has 1 aromatic rings. The Balaban J connectivity index is 2.18. The molecule has 1 N–H and O–H groups in total. The van der Waals surface area contributed by atoms with Gasteiger partial charge in [-0.3, -0.25) is 4.79 Å². The quantitative estimate of drug-likeness (QED) is 0.869. The smallest absolute Gasteiger partial charge is 0.311 e. The van der Waals surface area contributed by atoms with Gasteiger partial charge in [-0.25, -0.2) is 4.98 Å². The van der Waals surface area contributed by atoms with Crippen LogP contribution in [0.2, 0.25) is 0 Å². The van der Waals surface area contributed by atoms with Crippen molar-refractivity contribution in [3.63, 3.8) is 0 Å². The monoisotopic (exact) mass is 240 g/mol. The number of carboxylic acids is 1. The van der Waals surface area contributed by atoms with Crippen LogP contribution in [-0.2, 0) is 11.2 Å². The summed E-state index contributed by atoms with van der Waals surface area (Å²) in [7, 11) is 1.98. The van der Waals surface area contributed by atoms with Gasteiger partial charge in [0.1, 0.15) is 0 Å². The zero-order valence-corrected chi connectivity index (χ0v) is 10.2. The summed E-state index contributed by atoms with van der Waals surface area (Å²) in [6.07, 6.45) is 2.26. The van der Waals surface area contributed by atoms with Gasteiger partial charge in [0.15, 0.2) is 0 Å². The number of carbonyl (C=O) groups is 1. The highest BCUT2D eigenvalue weighted by Crippen LogP contribution is 2.33. The van der Waals surface area contributed by atoms with Crippen LogP contribution < -0.4 is 0 Å². The van der Waals surface area contributed by atoms with Crippen LogP contribution in [0.4, 0.5) is 0 Å². The van der Waals surface area contributed by atoms with Crippen molar-refractivity contribution in [1.82, 2.24) is 9.88 Å². The van der Waals surface area contributed by atoms with E-state index in [0.29, 0.717) is 13.0 Å². The van der Waals surface area contributed by atoms with Gasteiger partial charge >= 0.3 is 5.97 Å². The van der Waals surface area contributed by atoms with Gasteiger partial charge in [-0.15, -0.1) is 11.3 Å². The molecule has 0 radical (unpaired) electrons. The number of thiazole rings is 1. The van der Waals surface area contributed by atoms with Crippen LogP contribution in [0, 0.1) is 5.41 Å². The van der Waals surface area contributed by atoms with Crippen LogP contribution in [0.15, 0.2) is 10.9 Å². The first-order valence-electron chi connectivity index (χ1n) is 5.41. The Morgan fingerprint density at radius 3 is 3.12 bits per heavy atom. The van der Waals surface area contributed by atoms with Crippen LogP contribution in [0.5, 0.6) is 0 Å². The van der Waals surface area contributed by atoms with E-state index in [1.807, 2.05) is 12.4 Å². The van der Waals surface area contributed by atoms with Crippen molar-refractivity contribution in [1.29, 1.82) is 0 Å². The molecular weight excluding hydrogens is 224 g/mol. The molecule has 1 unspecified atom stereocenters. The molecule has 0 amide bonds. The van der Waals surface area contributed by atoms with E-state index in [9.17, 15) is 9.90 Å². The van der Waals surface area contributed by atoms with Crippen molar-refractivity contribution in [3.05, 3.63) is 16.6 Å². The highest BCUT2D eigenvalue weighted by molar-refractivity contribution is 7.07. The molecule has 5 heteroatoms. The average molecular weight is 240 g/mol. The Morgan fingerprint density at radius 2 is 2.56 bits per heavy atom. The number of carboxylic acid groups (broad SMARTS) is 1. The fraction of sp³-hybridized carbons (Fsp3) is 0.636. The number of aliphatic carboxylic acids is 1. The second kappa shape index (κ2) is 4.51. The van der Waals surface area contributed by atoms with Gasteiger partial charge in [-0.1, -0.05) is 0 Å². The van der Waals surface area contributed by atoms with E-state index in [1.165, 1.54) is 11.3 Å². The fourth-order valence-electron chi connectivity index (χ4n) is 2.43. The molecule has 0 saturated carbocycles. The van der Waals surface area contributed by atoms with E-state index < -0.39 is 11.4 Å². The second-order valence-corrected chi connectivity index (χ2v) is 5.30. The molecule has 88 valence electrons. The van der Waals surface area contributed by atoms with Gasteiger partial charge in [0.2, 0.25) is 0 Å². The molecule has 1 fully saturated rings. The van der Waals surface area contributed by atoms with E-state index in [-0.39, 0.29) is 0 Å². The Kier molecular flexibility index (Phi) is 3.25. The molecule has 0 spiro atoms. The lowest BCUT2D eigenvalue weighted by atomic mass is 9.76. The molecule has 1 atom stereocenters. The third-order valence-corrected chi connectivity index (χ3v) is 3.86. The highest BCUT2D eigenvalue weighted by Gasteiger charge is 2.41. The standard InChI is InChI=1S/C11H16N2O2S/c1-13-4-2-3-11(7-13,10(14)15)5-9-6-16-8-12-9/h6,8H,2-5,7H2,1H3,(H,14,15). The largest absolute Gasteiger partial charge is 0.481 e. The maximum atomic E-state index is 11.5. The van der Waals surface area contributed by atoms with Gasteiger partial charge in [-0.05, 0) is 26.4 Å². The molecule has 1 aliphatic rings. The number of nitrogens with zero attached hydrogens (tertiary/aromatic N) is 2. The summed E-state index contributed by atoms with van der Waals surface area (Å²) in [5, 5.41) is 11.4. The molecule has 4 nitrogen and oxygen atoms in total. The normalized spacial score (nSPS) is 26.8. The summed E-state index contributed by atoms with van der Waals surface area (Å²) in [5.74, 6) is -0.688. The zero-order valence-electron chi connectivity index (χ0n) is 9.35. The van der Waals surface area contributed by atoms with Crippen LogP contribution in [0.25, 0.3) is 0 Å². The number of likely N-dealkylation sites (tertiary alicyclic amines) is 1. The summed E-state index contributed by atoms with van der Waals surface area (Å²) in [6, 6.07) is 0. The Hall–Kier alpha value is -0.940. The molecule has 1 saturated heterocycles. The van der Waals surface area contributed by atoms with Crippen molar-refractivity contribution in [2.24, 2.45) is 5.41 Å². The molecular formula is C11H16N2O2S. The Labute approximate surface area is 98.9 Å². The minimum atomic E-state index is -0.688. The lowest BCUT2D eigenvalue weighted by molar-refractivity contribution is -0.152. The summed E-state index contributed by atoms with van der Waals surface area (Å²) in [6.45, 7) is 1.62. The molecule has 1 aromatic heterocycles. The molecule has 0 aliphatic carbocycles. The highest BCUT2D eigenvalue weighted by atomic mass is 32.1. The lowest BCUT2D eigenvalue weighted by Gasteiger charge is -2.37. The number of rotatable bonds is 3. The Morgan fingerprint density at radius 1 is 1.75 bits per heavy atom. The van der Waals surface area contributed by atoms with Gasteiger partial charge < -0.3 is 10.0 Å². The molecule has 16 heavy (non-hydrogen) atoms. The molecule has 0 aromatic carbocycles. The minimum absolute atomic E-state index is 0.552. The Bertz CT molecular complexity index is 366. The topological polar surface area (TPSA) is 53.4 Å². The van der Waals surface area contributed by atoms with E-state index >= 15 is 0 Å². The summed E-state index contributed by atoms with van der Waals surface area (Å²) in [5.41, 5.74) is 2.03. The average Bonchev–Trinajstić information content (AvgIpc) is 2.70. The summed E-state index contributed by atoms with van der Waals surface area (Å²) in [4.78, 5) is 17.8. The SMILES string of the molecule is CN1CCCC(Cc2cscn2)(C(=O)O)C1. The first-order valence-corrected chi connectivity index (χ1v) is 6.36. The predicted octanol–water partition coefficient (Wildman–Crippen LogP) is 1.48. The number of aromatic nitrogens is 1. The number of piperidine rings is 1. The maximum absolute atomic E-state index is 11.5. The van der Waals surface area contributed by atoms with Gasteiger partial charge in [0, 0.05) is 18.3 Å². The van der Waals surface area contributed by atoms with Gasteiger partial charge in [0.25, 0.3) is 0 Å². The van der Waals surface area contributed by atoms with Crippen molar-refractivity contribution in [2.75, 3.05) is 20.1 Å². The third kappa shape index (κ3) is 2.25. The van der Waals surface area contributed by atoms with Crippen molar-refractivity contribution >= 4 is 17.3 Å². The van der Waals surface area contributed by atoms with E-state index in [2.05, 4.69) is 9.88 Å². The number of hydrogen-bond acceptors (Lipinski definition) is 4. The van der Waals surface area contributed by atoms with E-state index in [1.54, 1.807) is 5.51 Å². The zero-order chi connectivity index (χ0) is 11.6. The van der Waals surface area contributed by atoms with Crippen LogP contribution in [-0.4, -0.2) is 41.1 Å². The molecule has 1 aliphatic heterocycles. The molecule has 0 bridgehead atoms. The lowest BCUT2D eigenvalue weighted by Crippen LogP contribution is -2.47. The number of hydrogen-bond donors (Lipinski definition) is 1. The molecule has 2 heterocycles. The summed E-state index contributed by atoms with van der Waals surface area (Å²) < 4.78 is 0. The van der Waals surface area contributed by atoms with Crippen molar-refractivity contribution in [2.45, 2.75) is 19.3 Å². The van der Waals surface area contributed by atoms with Gasteiger partial charge in [-0.2, -0.15) is 0 Å². The van der Waals surface area contributed by atoms with Crippen LogP contribution in [0.3, 0.4) is 0 Å². The van der Waals surface area contributed by atoms with Crippen LogP contribution >= 0.6 is 11.3 Å². The van der Waals surface area contributed by atoms with Crippen LogP contribution in [0.1, 0.15) is 18.5 Å².